The summed E-state index contributed by atoms with van der Waals surface area (Å²) in [7, 11) is 0. The molecule has 0 aliphatic heterocycles. The van der Waals surface area contributed by atoms with E-state index in [1.807, 2.05) is 60.7 Å². The van der Waals surface area contributed by atoms with Gasteiger partial charge in [0.25, 0.3) is 5.91 Å². The zero-order valence-electron chi connectivity index (χ0n) is 25.1. The monoisotopic (exact) mass is 596 g/mol. The van der Waals surface area contributed by atoms with Crippen LogP contribution in [-0.2, 0) is 22.4 Å². The molecule has 43 heavy (non-hydrogen) atoms. The molecule has 0 radical (unpaired) electrons. The van der Waals surface area contributed by atoms with Crippen molar-refractivity contribution in [2.24, 2.45) is 5.92 Å². The first-order valence-electron chi connectivity index (χ1n) is 15.0. The summed E-state index contributed by atoms with van der Waals surface area (Å²) in [5.74, 6) is 1.40. The number of nitrogens with zero attached hydrogens (tertiary/aromatic N) is 1. The van der Waals surface area contributed by atoms with Gasteiger partial charge in [0, 0.05) is 22.6 Å². The van der Waals surface area contributed by atoms with Gasteiger partial charge in [-0.3, -0.25) is 4.79 Å². The Morgan fingerprint density at radius 1 is 0.977 bits per heavy atom. The Morgan fingerprint density at radius 2 is 1.67 bits per heavy atom. The SMILES string of the molecule is CC(C)(C)c1ccc(Oc2ccc3cc(C(=O)N[C@H](CSCc4ccccc4)C(=O)O)nc(CC4CCCC4)c3c2)cc1. The van der Waals surface area contributed by atoms with E-state index in [2.05, 4.69) is 38.2 Å². The molecule has 6 nitrogen and oxygen atoms in total. The first-order chi connectivity index (χ1) is 20.7. The topological polar surface area (TPSA) is 88.5 Å². The molecule has 7 heteroatoms. The Hall–Kier alpha value is -3.84. The van der Waals surface area contributed by atoms with Crippen molar-refractivity contribution in [3.63, 3.8) is 0 Å². The lowest BCUT2D eigenvalue weighted by molar-refractivity contribution is -0.138. The summed E-state index contributed by atoms with van der Waals surface area (Å²) in [4.78, 5) is 30.2. The van der Waals surface area contributed by atoms with E-state index < -0.39 is 17.9 Å². The van der Waals surface area contributed by atoms with Crippen LogP contribution < -0.4 is 10.1 Å². The quantitative estimate of drug-likeness (QED) is 0.182. The number of ether oxygens (including phenoxy) is 1. The van der Waals surface area contributed by atoms with Gasteiger partial charge in [-0.15, -0.1) is 0 Å². The van der Waals surface area contributed by atoms with Crippen LogP contribution in [0, 0.1) is 5.92 Å². The van der Waals surface area contributed by atoms with E-state index in [0.717, 1.165) is 47.0 Å². The molecule has 0 bridgehead atoms. The van der Waals surface area contributed by atoms with Gasteiger partial charge in [0.2, 0.25) is 0 Å². The fraction of sp³-hybridized carbons (Fsp3) is 0.361. The van der Waals surface area contributed by atoms with Gasteiger partial charge in [-0.1, -0.05) is 95.0 Å². The molecular formula is C36H40N2O4S. The van der Waals surface area contributed by atoms with Gasteiger partial charge in [0.1, 0.15) is 23.2 Å². The summed E-state index contributed by atoms with van der Waals surface area (Å²) in [5, 5.41) is 14.4. The second-order valence-electron chi connectivity index (χ2n) is 12.4. The van der Waals surface area contributed by atoms with Crippen molar-refractivity contribution < 1.29 is 19.4 Å². The second-order valence-corrected chi connectivity index (χ2v) is 13.5. The lowest BCUT2D eigenvalue weighted by Gasteiger charge is -2.19. The molecule has 1 heterocycles. The van der Waals surface area contributed by atoms with E-state index in [4.69, 9.17) is 9.72 Å². The highest BCUT2D eigenvalue weighted by molar-refractivity contribution is 7.98. The van der Waals surface area contributed by atoms with Gasteiger partial charge in [-0.05, 0) is 64.6 Å². The molecule has 0 spiro atoms. The van der Waals surface area contributed by atoms with Crippen LogP contribution in [0.25, 0.3) is 10.8 Å². The number of carboxylic acids is 1. The Balaban J connectivity index is 1.36. The van der Waals surface area contributed by atoms with E-state index in [1.165, 1.54) is 30.2 Å². The number of carbonyl (C=O) groups excluding carboxylic acids is 1. The van der Waals surface area contributed by atoms with Crippen LogP contribution in [0.2, 0.25) is 0 Å². The molecule has 1 saturated carbocycles. The average molecular weight is 597 g/mol. The molecule has 1 aliphatic rings. The highest BCUT2D eigenvalue weighted by Gasteiger charge is 2.24. The lowest BCUT2D eigenvalue weighted by Crippen LogP contribution is -2.43. The van der Waals surface area contributed by atoms with Crippen molar-refractivity contribution in [2.45, 2.75) is 70.1 Å². The van der Waals surface area contributed by atoms with Crippen molar-refractivity contribution in [3.05, 3.63) is 101 Å². The normalized spacial score (nSPS) is 14.5. The molecule has 224 valence electrons. The lowest BCUT2D eigenvalue weighted by atomic mass is 9.87. The highest BCUT2D eigenvalue weighted by atomic mass is 32.2. The summed E-state index contributed by atoms with van der Waals surface area (Å²) in [6.45, 7) is 6.56. The first-order valence-corrected chi connectivity index (χ1v) is 16.2. The Bertz CT molecular complexity index is 1560. The van der Waals surface area contributed by atoms with Gasteiger partial charge in [0.05, 0.1) is 0 Å². The number of benzene rings is 3. The van der Waals surface area contributed by atoms with Gasteiger partial charge in [0.15, 0.2) is 0 Å². The molecule has 1 atom stereocenters. The number of fused-ring (bicyclic) bond motifs is 1. The van der Waals surface area contributed by atoms with Gasteiger partial charge < -0.3 is 15.2 Å². The summed E-state index contributed by atoms with van der Waals surface area (Å²) in [6.07, 6.45) is 5.49. The predicted molar refractivity (Wildman–Crippen MR) is 174 cm³/mol. The smallest absolute Gasteiger partial charge is 0.327 e. The summed E-state index contributed by atoms with van der Waals surface area (Å²) in [6, 6.07) is 24.7. The standard InChI is InChI=1S/C36H40N2O4S/c1-36(2,3)27-14-17-28(18-15-27)42-29-16-13-26-20-32(37-31(30(26)21-29)19-24-9-7-8-10-24)34(39)38-33(35(40)41)23-43-22-25-11-5-4-6-12-25/h4-6,11-18,20-21,24,33H,7-10,19,22-23H2,1-3H3,(H,38,39)(H,40,41)/t33-/m1/s1. The minimum absolute atomic E-state index is 0.0672. The van der Waals surface area contributed by atoms with Crippen LogP contribution >= 0.6 is 11.8 Å². The molecule has 1 amide bonds. The molecule has 5 rings (SSSR count). The van der Waals surface area contributed by atoms with Gasteiger partial charge in [-0.2, -0.15) is 11.8 Å². The minimum atomic E-state index is -1.06. The molecule has 3 aromatic carbocycles. The third kappa shape index (κ3) is 8.17. The number of thioether (sulfide) groups is 1. The number of hydrogen-bond acceptors (Lipinski definition) is 5. The zero-order valence-corrected chi connectivity index (χ0v) is 26.0. The summed E-state index contributed by atoms with van der Waals surface area (Å²) < 4.78 is 6.23. The van der Waals surface area contributed by atoms with Crippen molar-refractivity contribution in [3.8, 4) is 11.5 Å². The van der Waals surface area contributed by atoms with E-state index in [0.29, 0.717) is 17.4 Å². The van der Waals surface area contributed by atoms with Crippen molar-refractivity contribution in [1.82, 2.24) is 10.3 Å². The van der Waals surface area contributed by atoms with Crippen LogP contribution in [0.15, 0.2) is 78.9 Å². The van der Waals surface area contributed by atoms with E-state index in [9.17, 15) is 14.7 Å². The van der Waals surface area contributed by atoms with E-state index in [1.54, 1.807) is 6.07 Å². The van der Waals surface area contributed by atoms with Gasteiger partial charge >= 0.3 is 5.97 Å². The Morgan fingerprint density at radius 3 is 2.35 bits per heavy atom. The largest absolute Gasteiger partial charge is 0.480 e. The molecule has 2 N–H and O–H groups in total. The maximum atomic E-state index is 13.4. The Kier molecular flexibility index (Phi) is 9.71. The summed E-state index contributed by atoms with van der Waals surface area (Å²) in [5.41, 5.74) is 3.52. The van der Waals surface area contributed by atoms with Crippen LogP contribution in [0.5, 0.6) is 11.5 Å². The number of nitrogens with one attached hydrogen (secondary N) is 1. The molecule has 1 fully saturated rings. The molecule has 0 unspecified atom stereocenters. The number of rotatable bonds is 11. The summed E-state index contributed by atoms with van der Waals surface area (Å²) >= 11 is 1.48. The third-order valence-corrected chi connectivity index (χ3v) is 9.13. The fourth-order valence-corrected chi connectivity index (χ4v) is 6.56. The number of aromatic nitrogens is 1. The third-order valence-electron chi connectivity index (χ3n) is 8.03. The van der Waals surface area contributed by atoms with Crippen LogP contribution in [0.1, 0.15) is 73.8 Å². The van der Waals surface area contributed by atoms with E-state index >= 15 is 0 Å². The second kappa shape index (κ2) is 13.6. The average Bonchev–Trinajstić information content (AvgIpc) is 3.50. The van der Waals surface area contributed by atoms with Crippen LogP contribution in [-0.4, -0.2) is 33.8 Å². The Labute approximate surface area is 258 Å². The number of amides is 1. The fourth-order valence-electron chi connectivity index (χ4n) is 5.55. The van der Waals surface area contributed by atoms with Crippen molar-refractivity contribution in [1.29, 1.82) is 0 Å². The van der Waals surface area contributed by atoms with Gasteiger partial charge in [-0.25, -0.2) is 9.78 Å². The number of carboxylic acid groups (broad SMARTS) is 1. The molecular weight excluding hydrogens is 556 g/mol. The number of pyridine rings is 1. The molecule has 1 aliphatic carbocycles. The zero-order chi connectivity index (χ0) is 30.4. The predicted octanol–water partition coefficient (Wildman–Crippen LogP) is 8.17. The number of hydrogen-bond donors (Lipinski definition) is 2. The molecule has 4 aromatic rings. The van der Waals surface area contributed by atoms with Crippen molar-refractivity contribution >= 4 is 34.4 Å². The molecule has 1 aromatic heterocycles. The van der Waals surface area contributed by atoms with Crippen molar-refractivity contribution in [2.75, 3.05) is 5.75 Å². The number of aliphatic carboxylic acids is 1. The maximum absolute atomic E-state index is 13.4. The highest BCUT2D eigenvalue weighted by Crippen LogP contribution is 2.33. The van der Waals surface area contributed by atoms with Crippen LogP contribution in [0.4, 0.5) is 0 Å². The first kappa shape index (κ1) is 30.6. The van der Waals surface area contributed by atoms with E-state index in [-0.39, 0.29) is 16.9 Å². The molecule has 0 saturated heterocycles. The number of carbonyl (C=O) groups is 2. The maximum Gasteiger partial charge on any atom is 0.327 e. The van der Waals surface area contributed by atoms with Crippen LogP contribution in [0.3, 0.4) is 0 Å². The minimum Gasteiger partial charge on any atom is -0.480 e.